The van der Waals surface area contributed by atoms with Crippen molar-refractivity contribution in [1.82, 2.24) is 9.47 Å². The summed E-state index contributed by atoms with van der Waals surface area (Å²) in [5.74, 6) is -0.622. The predicted octanol–water partition coefficient (Wildman–Crippen LogP) is 5.32. The van der Waals surface area contributed by atoms with E-state index in [9.17, 15) is 18.8 Å². The molecule has 1 saturated carbocycles. The van der Waals surface area contributed by atoms with Gasteiger partial charge in [0.1, 0.15) is 11.7 Å². The normalized spacial score (nSPS) is 25.7. The number of likely N-dealkylation sites (tertiary alicyclic amines) is 1. The molecule has 0 bridgehead atoms. The Labute approximate surface area is 245 Å². The van der Waals surface area contributed by atoms with E-state index >= 15 is 0 Å². The van der Waals surface area contributed by atoms with E-state index < -0.39 is 18.4 Å². The van der Waals surface area contributed by atoms with E-state index in [0.29, 0.717) is 43.6 Å². The lowest BCUT2D eigenvalue weighted by Gasteiger charge is -2.35. The van der Waals surface area contributed by atoms with Crippen LogP contribution in [0.3, 0.4) is 0 Å². The highest BCUT2D eigenvalue weighted by molar-refractivity contribution is 6.02. The summed E-state index contributed by atoms with van der Waals surface area (Å²) in [5.41, 5.74) is 8.37. The van der Waals surface area contributed by atoms with Gasteiger partial charge in [-0.25, -0.2) is 4.79 Å². The number of halogens is 1. The Kier molecular flexibility index (Phi) is 7.55. The molecule has 0 radical (unpaired) electrons. The number of esters is 1. The van der Waals surface area contributed by atoms with Crippen molar-refractivity contribution in [2.75, 3.05) is 18.5 Å². The maximum atomic E-state index is 14.0. The van der Waals surface area contributed by atoms with E-state index in [1.807, 2.05) is 66.9 Å². The number of aromatic nitrogens is 1. The maximum Gasteiger partial charge on any atom is 0.357 e. The summed E-state index contributed by atoms with van der Waals surface area (Å²) < 4.78 is 20.2. The highest BCUT2D eigenvalue weighted by Gasteiger charge is 2.45. The molecule has 2 fully saturated rings. The van der Waals surface area contributed by atoms with Gasteiger partial charge in [-0.1, -0.05) is 30.3 Å². The van der Waals surface area contributed by atoms with Gasteiger partial charge in [0.2, 0.25) is 11.8 Å². The number of nitrogens with zero attached hydrogens (tertiary/aromatic N) is 2. The molecule has 222 valence electrons. The Balaban J connectivity index is 1.23. The number of nitrogens with one attached hydrogen (secondary N) is 1. The van der Waals surface area contributed by atoms with Gasteiger partial charge in [0.25, 0.3) is 0 Å². The molecule has 1 saturated heterocycles. The molecule has 42 heavy (non-hydrogen) atoms. The van der Waals surface area contributed by atoms with Crippen LogP contribution in [0, 0.1) is 11.8 Å². The zero-order valence-electron chi connectivity index (χ0n) is 24.2. The maximum absolute atomic E-state index is 14.0. The fraction of sp³-hybridized carbons (Fsp3) is 0.485. The molecule has 0 unspecified atom stereocenters. The number of hydrogen-bond acceptors (Lipinski definition) is 5. The third kappa shape index (κ3) is 5.08. The molecule has 1 aromatic heterocycles. The number of hydrogen-bond donors (Lipinski definition) is 2. The number of carbonyl (C=O) groups is 3. The molecule has 2 aliphatic heterocycles. The Morgan fingerprint density at radius 2 is 1.81 bits per heavy atom. The minimum Gasteiger partial charge on any atom is -0.434 e. The first-order valence-corrected chi connectivity index (χ1v) is 15.0. The summed E-state index contributed by atoms with van der Waals surface area (Å²) in [6, 6.07) is 16.5. The van der Waals surface area contributed by atoms with E-state index in [0.717, 1.165) is 29.3 Å². The first kappa shape index (κ1) is 28.4. The predicted molar refractivity (Wildman–Crippen MR) is 159 cm³/mol. The average molecular weight is 575 g/mol. The topological polar surface area (TPSA) is 107 Å². The number of benzene rings is 2. The van der Waals surface area contributed by atoms with Crippen LogP contribution in [-0.4, -0.2) is 52.6 Å². The standard InChI is InChI=1S/C33H39FN4O4/c1-33(2)38-27-13-12-24(18-23(27)19-28(38)32(41)42-33)36-30(39)29-25(20-6-4-3-5-7-20)15-17-37(29)31(40)22-10-8-21(9-11-22)26(35)14-16-34/h3-7,12-13,18-19,21-22,25-26,29H,8-11,14-17,35H2,1-2H3,(H,36,39)/t21?,22?,25-,26+,29-/m0/s1. The number of carbonyl (C=O) groups excluding carboxylic acids is 3. The van der Waals surface area contributed by atoms with Gasteiger partial charge in [0.05, 0.1) is 12.2 Å². The van der Waals surface area contributed by atoms with Gasteiger partial charge in [-0.2, -0.15) is 0 Å². The van der Waals surface area contributed by atoms with Gasteiger partial charge in [-0.3, -0.25) is 18.5 Å². The minimum atomic E-state index is -0.788. The number of anilines is 1. The molecular weight excluding hydrogens is 535 g/mol. The fourth-order valence-corrected chi connectivity index (χ4v) is 7.37. The van der Waals surface area contributed by atoms with Crippen LogP contribution in [0.2, 0.25) is 0 Å². The summed E-state index contributed by atoms with van der Waals surface area (Å²) in [7, 11) is 0. The molecule has 3 aromatic rings. The van der Waals surface area contributed by atoms with Crippen LogP contribution in [0.4, 0.5) is 10.1 Å². The van der Waals surface area contributed by atoms with E-state index in [4.69, 9.17) is 10.5 Å². The number of alkyl halides is 1. The highest BCUT2D eigenvalue weighted by atomic mass is 19.1. The molecule has 1 aliphatic carbocycles. The first-order chi connectivity index (χ1) is 20.2. The molecule has 3 N–H and O–H groups in total. The quantitative estimate of drug-likeness (QED) is 0.372. The molecule has 0 spiro atoms. The van der Waals surface area contributed by atoms with Crippen molar-refractivity contribution in [3.8, 4) is 0 Å². The largest absolute Gasteiger partial charge is 0.434 e. The number of fused-ring (bicyclic) bond motifs is 3. The van der Waals surface area contributed by atoms with Crippen molar-refractivity contribution in [3.63, 3.8) is 0 Å². The van der Waals surface area contributed by atoms with Crippen LogP contribution in [0.5, 0.6) is 0 Å². The monoisotopic (exact) mass is 574 g/mol. The van der Waals surface area contributed by atoms with Crippen LogP contribution in [0.25, 0.3) is 10.9 Å². The molecule has 2 amide bonds. The number of amides is 2. The Hall–Kier alpha value is -3.72. The third-order valence-electron chi connectivity index (χ3n) is 9.51. The van der Waals surface area contributed by atoms with Gasteiger partial charge < -0.3 is 20.7 Å². The van der Waals surface area contributed by atoms with Crippen molar-refractivity contribution >= 4 is 34.4 Å². The van der Waals surface area contributed by atoms with Crippen molar-refractivity contribution in [2.24, 2.45) is 17.6 Å². The van der Waals surface area contributed by atoms with Gasteiger partial charge in [0.15, 0.2) is 5.72 Å². The van der Waals surface area contributed by atoms with Crippen LogP contribution in [0.15, 0.2) is 54.6 Å². The van der Waals surface area contributed by atoms with Gasteiger partial charge in [0, 0.05) is 35.5 Å². The number of rotatable bonds is 7. The summed E-state index contributed by atoms with van der Waals surface area (Å²) in [6.07, 6.45) is 4.08. The number of cyclic esters (lactones) is 1. The van der Waals surface area contributed by atoms with E-state index in [2.05, 4.69) is 5.32 Å². The second-order valence-corrected chi connectivity index (χ2v) is 12.5. The Bertz CT molecular complexity index is 1490. The van der Waals surface area contributed by atoms with Gasteiger partial charge in [-0.05, 0) is 88.1 Å². The van der Waals surface area contributed by atoms with Gasteiger partial charge in [-0.15, -0.1) is 0 Å². The van der Waals surface area contributed by atoms with Crippen LogP contribution in [-0.2, 0) is 20.1 Å². The lowest BCUT2D eigenvalue weighted by atomic mass is 9.77. The van der Waals surface area contributed by atoms with Crippen LogP contribution < -0.4 is 11.1 Å². The first-order valence-electron chi connectivity index (χ1n) is 15.0. The number of nitrogens with two attached hydrogens (primary N) is 1. The lowest BCUT2D eigenvalue weighted by Crippen LogP contribution is -2.48. The molecule has 9 heteroatoms. The SMILES string of the molecule is CC1(C)OC(=O)c2cc3cc(NC(=O)[C@@H]4[C@H](c5ccccc5)CCN4C(=O)C4CCC([C@H](N)CCF)CC4)ccc3n21. The van der Waals surface area contributed by atoms with E-state index in [-0.39, 0.29) is 41.6 Å². The Morgan fingerprint density at radius 1 is 1.07 bits per heavy atom. The van der Waals surface area contributed by atoms with Crippen LogP contribution >= 0.6 is 0 Å². The summed E-state index contributed by atoms with van der Waals surface area (Å²) in [5, 5.41) is 3.91. The van der Waals surface area contributed by atoms with Crippen molar-refractivity contribution in [3.05, 3.63) is 65.9 Å². The molecule has 6 rings (SSSR count). The second kappa shape index (κ2) is 11.2. The smallest absolute Gasteiger partial charge is 0.357 e. The minimum absolute atomic E-state index is 0.0196. The molecule has 3 heterocycles. The zero-order chi connectivity index (χ0) is 29.6. The van der Waals surface area contributed by atoms with Crippen molar-refractivity contribution < 1.29 is 23.5 Å². The highest BCUT2D eigenvalue weighted by Crippen LogP contribution is 2.39. The third-order valence-corrected chi connectivity index (χ3v) is 9.51. The van der Waals surface area contributed by atoms with Crippen molar-refractivity contribution in [2.45, 2.75) is 76.1 Å². The van der Waals surface area contributed by atoms with Gasteiger partial charge >= 0.3 is 5.97 Å². The second-order valence-electron chi connectivity index (χ2n) is 12.5. The summed E-state index contributed by atoms with van der Waals surface area (Å²) in [6.45, 7) is 3.78. The average Bonchev–Trinajstić information content (AvgIpc) is 3.65. The van der Waals surface area contributed by atoms with Crippen molar-refractivity contribution in [1.29, 1.82) is 0 Å². The van der Waals surface area contributed by atoms with E-state index in [1.165, 1.54) is 0 Å². The molecular formula is C33H39FN4O4. The lowest BCUT2D eigenvalue weighted by molar-refractivity contribution is -0.141. The zero-order valence-corrected chi connectivity index (χ0v) is 24.2. The fourth-order valence-electron chi connectivity index (χ4n) is 7.37. The summed E-state index contributed by atoms with van der Waals surface area (Å²) >= 11 is 0. The summed E-state index contributed by atoms with van der Waals surface area (Å²) in [4.78, 5) is 42.1. The number of ether oxygens (including phenoxy) is 1. The van der Waals surface area contributed by atoms with E-state index in [1.54, 1.807) is 11.0 Å². The molecule has 8 nitrogen and oxygen atoms in total. The molecule has 3 aliphatic rings. The Morgan fingerprint density at radius 3 is 2.52 bits per heavy atom. The molecule has 3 atom stereocenters. The van der Waals surface area contributed by atoms with Crippen LogP contribution in [0.1, 0.15) is 74.3 Å². The molecule has 2 aromatic carbocycles.